The number of hydrogen-bond acceptors (Lipinski definition) is 5. The third-order valence-corrected chi connectivity index (χ3v) is 3.17. The van der Waals surface area contributed by atoms with Crippen LogP contribution < -0.4 is 10.9 Å². The standard InChI is InChI=1S/C13H18N4O3/c1-8(2)7-17-5-4-14-11(13(17)20)15-9-6-10(18)16(3)12(9)19/h4-5,8-9H,6-7H2,1-3H3,(H,14,15). The highest BCUT2D eigenvalue weighted by Crippen LogP contribution is 2.13. The van der Waals surface area contributed by atoms with Crippen LogP contribution in [0.4, 0.5) is 5.82 Å². The predicted octanol–water partition coefficient (Wildman–Crippen LogP) is 0.0685. The van der Waals surface area contributed by atoms with Gasteiger partial charge in [0.25, 0.3) is 11.5 Å². The van der Waals surface area contributed by atoms with Crippen LogP contribution in [0.15, 0.2) is 17.2 Å². The number of imide groups is 1. The van der Waals surface area contributed by atoms with E-state index >= 15 is 0 Å². The van der Waals surface area contributed by atoms with Gasteiger partial charge in [0.15, 0.2) is 5.82 Å². The van der Waals surface area contributed by atoms with Crippen LogP contribution in [-0.2, 0) is 16.1 Å². The number of nitrogens with zero attached hydrogens (tertiary/aromatic N) is 3. The second-order valence-electron chi connectivity index (χ2n) is 5.32. The monoisotopic (exact) mass is 278 g/mol. The number of likely N-dealkylation sites (N-methyl/N-ethyl adjacent to an activating group) is 1. The number of nitrogens with one attached hydrogen (secondary N) is 1. The molecule has 108 valence electrons. The summed E-state index contributed by atoms with van der Waals surface area (Å²) in [5, 5.41) is 2.78. The van der Waals surface area contributed by atoms with E-state index in [9.17, 15) is 14.4 Å². The summed E-state index contributed by atoms with van der Waals surface area (Å²) in [6.45, 7) is 4.59. The summed E-state index contributed by atoms with van der Waals surface area (Å²) in [5.74, 6) is -0.167. The molecular formula is C13H18N4O3. The summed E-state index contributed by atoms with van der Waals surface area (Å²) in [6, 6.07) is -0.706. The van der Waals surface area contributed by atoms with Crippen LogP contribution in [-0.4, -0.2) is 39.4 Å². The van der Waals surface area contributed by atoms with E-state index in [1.54, 1.807) is 10.8 Å². The Labute approximate surface area is 116 Å². The lowest BCUT2D eigenvalue weighted by Crippen LogP contribution is -2.35. The van der Waals surface area contributed by atoms with E-state index in [0.717, 1.165) is 4.90 Å². The molecule has 0 radical (unpaired) electrons. The van der Waals surface area contributed by atoms with Gasteiger partial charge in [-0.2, -0.15) is 0 Å². The van der Waals surface area contributed by atoms with Gasteiger partial charge in [-0.05, 0) is 5.92 Å². The maximum absolute atomic E-state index is 12.2. The molecule has 2 rings (SSSR count). The quantitative estimate of drug-likeness (QED) is 0.788. The number of carbonyl (C=O) groups is 2. The zero-order chi connectivity index (χ0) is 14.9. The third-order valence-electron chi connectivity index (χ3n) is 3.17. The van der Waals surface area contributed by atoms with Gasteiger partial charge in [-0.1, -0.05) is 13.8 Å². The number of amides is 2. The molecule has 7 heteroatoms. The molecule has 7 nitrogen and oxygen atoms in total. The lowest BCUT2D eigenvalue weighted by molar-refractivity contribution is -0.136. The highest BCUT2D eigenvalue weighted by Gasteiger charge is 2.36. The van der Waals surface area contributed by atoms with Gasteiger partial charge in [-0.3, -0.25) is 19.3 Å². The van der Waals surface area contributed by atoms with Gasteiger partial charge in [0.05, 0.1) is 6.42 Å². The second kappa shape index (κ2) is 5.44. The molecule has 0 saturated carbocycles. The normalized spacial score (nSPS) is 19.0. The Bertz CT molecular complexity index is 594. The molecule has 1 atom stereocenters. The van der Waals surface area contributed by atoms with Crippen LogP contribution in [0.3, 0.4) is 0 Å². The summed E-state index contributed by atoms with van der Waals surface area (Å²) < 4.78 is 1.55. The number of carbonyl (C=O) groups excluding carboxylic acids is 2. The Morgan fingerprint density at radius 2 is 2.10 bits per heavy atom. The molecule has 1 aliphatic heterocycles. The molecule has 1 aromatic rings. The maximum Gasteiger partial charge on any atom is 0.293 e. The van der Waals surface area contributed by atoms with Crippen LogP contribution in [0.1, 0.15) is 20.3 Å². The first kappa shape index (κ1) is 14.2. The summed E-state index contributed by atoms with van der Waals surface area (Å²) >= 11 is 0. The molecule has 1 N–H and O–H groups in total. The highest BCUT2D eigenvalue weighted by atomic mass is 16.2. The molecule has 1 aromatic heterocycles. The van der Waals surface area contributed by atoms with Crippen molar-refractivity contribution in [2.45, 2.75) is 32.9 Å². The smallest absolute Gasteiger partial charge is 0.293 e. The van der Waals surface area contributed by atoms with E-state index in [-0.39, 0.29) is 29.6 Å². The van der Waals surface area contributed by atoms with Crippen LogP contribution >= 0.6 is 0 Å². The van der Waals surface area contributed by atoms with E-state index in [4.69, 9.17) is 0 Å². The molecule has 0 spiro atoms. The SMILES string of the molecule is CC(C)Cn1ccnc(NC2CC(=O)N(C)C2=O)c1=O. The summed E-state index contributed by atoms with van der Waals surface area (Å²) in [7, 11) is 1.43. The van der Waals surface area contributed by atoms with Gasteiger partial charge < -0.3 is 9.88 Å². The van der Waals surface area contributed by atoms with Crippen molar-refractivity contribution in [2.75, 3.05) is 12.4 Å². The zero-order valence-electron chi connectivity index (χ0n) is 11.8. The topological polar surface area (TPSA) is 84.3 Å². The van der Waals surface area contributed by atoms with Gasteiger partial charge >= 0.3 is 0 Å². The van der Waals surface area contributed by atoms with Crippen molar-refractivity contribution in [2.24, 2.45) is 5.92 Å². The first-order valence-corrected chi connectivity index (χ1v) is 6.52. The molecule has 20 heavy (non-hydrogen) atoms. The Kier molecular flexibility index (Phi) is 3.87. The molecule has 0 aliphatic carbocycles. The Hall–Kier alpha value is -2.18. The summed E-state index contributed by atoms with van der Waals surface area (Å²) in [5.41, 5.74) is -0.281. The fourth-order valence-electron chi connectivity index (χ4n) is 2.12. The van der Waals surface area contributed by atoms with E-state index in [1.165, 1.54) is 13.2 Å². The highest BCUT2D eigenvalue weighted by molar-refractivity contribution is 6.06. The Morgan fingerprint density at radius 1 is 1.40 bits per heavy atom. The molecule has 2 heterocycles. The summed E-state index contributed by atoms with van der Waals surface area (Å²) in [6.07, 6.45) is 3.17. The zero-order valence-corrected chi connectivity index (χ0v) is 11.8. The Balaban J connectivity index is 2.21. The average molecular weight is 278 g/mol. The predicted molar refractivity (Wildman–Crippen MR) is 73.1 cm³/mol. The molecule has 2 amide bonds. The number of likely N-dealkylation sites (tertiary alicyclic amines) is 1. The van der Waals surface area contributed by atoms with Gasteiger partial charge in [0, 0.05) is 26.0 Å². The third kappa shape index (κ3) is 2.71. The van der Waals surface area contributed by atoms with Crippen LogP contribution in [0.5, 0.6) is 0 Å². The van der Waals surface area contributed by atoms with Crippen molar-refractivity contribution in [3.05, 3.63) is 22.7 Å². The molecule has 0 aromatic carbocycles. The number of hydrogen-bond donors (Lipinski definition) is 1. The Morgan fingerprint density at radius 3 is 2.65 bits per heavy atom. The minimum atomic E-state index is -0.706. The largest absolute Gasteiger partial charge is 0.353 e. The minimum Gasteiger partial charge on any atom is -0.353 e. The first-order valence-electron chi connectivity index (χ1n) is 6.52. The average Bonchev–Trinajstić information content (AvgIpc) is 2.61. The van der Waals surface area contributed by atoms with Gasteiger partial charge in [-0.15, -0.1) is 0 Å². The molecular weight excluding hydrogens is 260 g/mol. The van der Waals surface area contributed by atoms with E-state index in [2.05, 4.69) is 10.3 Å². The van der Waals surface area contributed by atoms with Crippen molar-refractivity contribution < 1.29 is 9.59 Å². The van der Waals surface area contributed by atoms with Crippen molar-refractivity contribution in [1.82, 2.24) is 14.5 Å². The van der Waals surface area contributed by atoms with E-state index in [0.29, 0.717) is 12.5 Å². The molecule has 1 saturated heterocycles. The van der Waals surface area contributed by atoms with Gasteiger partial charge in [-0.25, -0.2) is 4.98 Å². The molecule has 1 aliphatic rings. The number of aromatic nitrogens is 2. The van der Waals surface area contributed by atoms with Gasteiger partial charge in [0.2, 0.25) is 5.91 Å². The minimum absolute atomic E-state index is 0.0511. The second-order valence-corrected chi connectivity index (χ2v) is 5.32. The molecule has 1 unspecified atom stereocenters. The lowest BCUT2D eigenvalue weighted by atomic mass is 10.2. The van der Waals surface area contributed by atoms with Crippen LogP contribution in [0.2, 0.25) is 0 Å². The van der Waals surface area contributed by atoms with Crippen molar-refractivity contribution in [3.8, 4) is 0 Å². The van der Waals surface area contributed by atoms with Gasteiger partial charge in [0.1, 0.15) is 6.04 Å². The molecule has 0 bridgehead atoms. The summed E-state index contributed by atoms with van der Waals surface area (Å²) in [4.78, 5) is 40.5. The number of anilines is 1. The molecule has 1 fully saturated rings. The van der Waals surface area contributed by atoms with Crippen molar-refractivity contribution in [1.29, 1.82) is 0 Å². The van der Waals surface area contributed by atoms with Crippen LogP contribution in [0, 0.1) is 5.92 Å². The van der Waals surface area contributed by atoms with E-state index in [1.807, 2.05) is 13.8 Å². The van der Waals surface area contributed by atoms with E-state index < -0.39 is 6.04 Å². The van der Waals surface area contributed by atoms with Crippen LogP contribution in [0.25, 0.3) is 0 Å². The fourth-order valence-corrected chi connectivity index (χ4v) is 2.12. The first-order chi connectivity index (χ1) is 9.40. The van der Waals surface area contributed by atoms with Crippen molar-refractivity contribution in [3.63, 3.8) is 0 Å². The maximum atomic E-state index is 12.2. The number of rotatable bonds is 4. The fraction of sp³-hybridized carbons (Fsp3) is 0.538. The lowest BCUT2D eigenvalue weighted by Gasteiger charge is -2.13. The van der Waals surface area contributed by atoms with Crippen molar-refractivity contribution >= 4 is 17.6 Å².